The number of rotatable bonds is 10. The van der Waals surface area contributed by atoms with Crippen LogP contribution in [0.2, 0.25) is 0 Å². The van der Waals surface area contributed by atoms with Crippen molar-refractivity contribution in [2.24, 2.45) is 0 Å². The van der Waals surface area contributed by atoms with E-state index in [1.165, 1.54) is 8.61 Å². The van der Waals surface area contributed by atoms with Gasteiger partial charge in [-0.3, -0.25) is 0 Å². The van der Waals surface area contributed by atoms with Gasteiger partial charge in [0.25, 0.3) is 10.2 Å². The second kappa shape index (κ2) is 8.85. The molecule has 0 saturated heterocycles. The molecule has 0 aromatic carbocycles. The molecule has 0 spiro atoms. The molecule has 17 heavy (non-hydrogen) atoms. The van der Waals surface area contributed by atoms with E-state index < -0.39 is 10.2 Å². The van der Waals surface area contributed by atoms with Gasteiger partial charge in [0.15, 0.2) is 0 Å². The van der Waals surface area contributed by atoms with Crippen molar-refractivity contribution in [3.8, 4) is 0 Å². The molecular formula is C11H27N3O2S. The smallest absolute Gasteiger partial charge is 0.281 e. The van der Waals surface area contributed by atoms with Crippen LogP contribution >= 0.6 is 0 Å². The highest BCUT2D eigenvalue weighted by atomic mass is 32.2. The molecule has 0 aliphatic heterocycles. The van der Waals surface area contributed by atoms with Crippen LogP contribution < -0.4 is 5.32 Å². The van der Waals surface area contributed by atoms with E-state index in [0.717, 1.165) is 25.9 Å². The molecule has 0 radical (unpaired) electrons. The third kappa shape index (κ3) is 5.81. The van der Waals surface area contributed by atoms with Gasteiger partial charge in [-0.15, -0.1) is 0 Å². The van der Waals surface area contributed by atoms with Gasteiger partial charge in [0.1, 0.15) is 0 Å². The number of nitrogens with zero attached hydrogens (tertiary/aromatic N) is 2. The molecule has 0 aromatic rings. The Labute approximate surface area is 106 Å². The number of hydrogen-bond acceptors (Lipinski definition) is 3. The molecule has 0 unspecified atom stereocenters. The Bertz CT molecular complexity index is 276. The van der Waals surface area contributed by atoms with Gasteiger partial charge in [-0.05, 0) is 25.9 Å². The van der Waals surface area contributed by atoms with Crippen LogP contribution in [-0.4, -0.2) is 56.8 Å². The minimum atomic E-state index is -3.26. The van der Waals surface area contributed by atoms with E-state index in [4.69, 9.17) is 0 Å². The van der Waals surface area contributed by atoms with Crippen molar-refractivity contribution in [3.05, 3.63) is 0 Å². The molecule has 0 aliphatic rings. The quantitative estimate of drug-likeness (QED) is 0.597. The number of hydrogen-bond donors (Lipinski definition) is 1. The number of nitrogens with one attached hydrogen (secondary N) is 1. The van der Waals surface area contributed by atoms with E-state index in [9.17, 15) is 8.42 Å². The van der Waals surface area contributed by atoms with Crippen LogP contribution in [-0.2, 0) is 10.2 Å². The molecule has 0 aromatic heterocycles. The van der Waals surface area contributed by atoms with Crippen molar-refractivity contribution in [1.29, 1.82) is 0 Å². The molecule has 5 nitrogen and oxygen atoms in total. The summed E-state index contributed by atoms with van der Waals surface area (Å²) in [6.07, 6.45) is 1.95. The molecule has 0 bridgehead atoms. The molecule has 1 N–H and O–H groups in total. The zero-order chi connectivity index (χ0) is 13.3. The van der Waals surface area contributed by atoms with Gasteiger partial charge in [0, 0.05) is 26.7 Å². The van der Waals surface area contributed by atoms with Gasteiger partial charge < -0.3 is 5.32 Å². The Kier molecular flexibility index (Phi) is 8.77. The van der Waals surface area contributed by atoms with Crippen LogP contribution in [0.15, 0.2) is 0 Å². The topological polar surface area (TPSA) is 52.7 Å². The second-order valence-corrected chi connectivity index (χ2v) is 6.05. The molecule has 0 atom stereocenters. The van der Waals surface area contributed by atoms with Crippen molar-refractivity contribution in [2.45, 2.75) is 33.6 Å². The van der Waals surface area contributed by atoms with Crippen LogP contribution in [0.25, 0.3) is 0 Å². The van der Waals surface area contributed by atoms with E-state index in [-0.39, 0.29) is 0 Å². The molecule has 104 valence electrons. The van der Waals surface area contributed by atoms with Crippen molar-refractivity contribution in [2.75, 3.05) is 39.8 Å². The maximum absolute atomic E-state index is 12.0. The first kappa shape index (κ1) is 16.8. The van der Waals surface area contributed by atoms with Crippen LogP contribution in [0, 0.1) is 0 Å². The fourth-order valence-electron chi connectivity index (χ4n) is 1.59. The standard InChI is InChI=1S/C11H27N3O2S/c1-5-9-12-10-8-11-13(4)17(15,16)14(6-2)7-3/h12H,5-11H2,1-4H3. The highest BCUT2D eigenvalue weighted by Gasteiger charge is 2.23. The molecule has 0 amide bonds. The molecule has 0 heterocycles. The van der Waals surface area contributed by atoms with E-state index in [1.54, 1.807) is 7.05 Å². The lowest BCUT2D eigenvalue weighted by Crippen LogP contribution is -2.42. The van der Waals surface area contributed by atoms with Crippen molar-refractivity contribution < 1.29 is 8.42 Å². The zero-order valence-corrected chi connectivity index (χ0v) is 12.4. The van der Waals surface area contributed by atoms with Crippen LogP contribution in [0.1, 0.15) is 33.6 Å². The summed E-state index contributed by atoms with van der Waals surface area (Å²) >= 11 is 0. The van der Waals surface area contributed by atoms with Crippen molar-refractivity contribution in [1.82, 2.24) is 13.9 Å². The Morgan fingerprint density at radius 2 is 1.65 bits per heavy atom. The van der Waals surface area contributed by atoms with Gasteiger partial charge in [0.2, 0.25) is 0 Å². The molecule has 6 heteroatoms. The Hall–Kier alpha value is -0.170. The minimum absolute atomic E-state index is 0.525. The summed E-state index contributed by atoms with van der Waals surface area (Å²) in [5, 5.41) is 3.26. The summed E-state index contributed by atoms with van der Waals surface area (Å²) in [7, 11) is -1.61. The lowest BCUT2D eigenvalue weighted by atomic mass is 10.4. The summed E-state index contributed by atoms with van der Waals surface area (Å²) in [5.74, 6) is 0. The summed E-state index contributed by atoms with van der Waals surface area (Å²) < 4.78 is 27.0. The minimum Gasteiger partial charge on any atom is -0.317 e. The maximum Gasteiger partial charge on any atom is 0.281 e. The van der Waals surface area contributed by atoms with Crippen LogP contribution in [0.5, 0.6) is 0 Å². The SMILES string of the molecule is CCCNCCCN(C)S(=O)(=O)N(CC)CC. The lowest BCUT2D eigenvalue weighted by molar-refractivity contribution is 0.373. The zero-order valence-electron chi connectivity index (χ0n) is 11.6. The first-order chi connectivity index (χ1) is 8.00. The largest absolute Gasteiger partial charge is 0.317 e. The van der Waals surface area contributed by atoms with E-state index >= 15 is 0 Å². The van der Waals surface area contributed by atoms with Gasteiger partial charge in [-0.2, -0.15) is 17.0 Å². The van der Waals surface area contributed by atoms with E-state index in [2.05, 4.69) is 12.2 Å². The molecule has 0 fully saturated rings. The summed E-state index contributed by atoms with van der Waals surface area (Å²) in [6, 6.07) is 0. The third-order valence-corrected chi connectivity index (χ3v) is 4.82. The summed E-state index contributed by atoms with van der Waals surface area (Å²) in [6.45, 7) is 9.31. The van der Waals surface area contributed by atoms with Gasteiger partial charge in [-0.25, -0.2) is 0 Å². The molecule has 0 rings (SSSR count). The second-order valence-electron chi connectivity index (χ2n) is 4.02. The van der Waals surface area contributed by atoms with Gasteiger partial charge >= 0.3 is 0 Å². The first-order valence-electron chi connectivity index (χ1n) is 6.42. The maximum atomic E-state index is 12.0. The monoisotopic (exact) mass is 265 g/mol. The fraction of sp³-hybridized carbons (Fsp3) is 1.00. The highest BCUT2D eigenvalue weighted by Crippen LogP contribution is 2.05. The Morgan fingerprint density at radius 3 is 2.12 bits per heavy atom. The molecule has 0 aliphatic carbocycles. The average molecular weight is 265 g/mol. The normalized spacial score (nSPS) is 12.6. The first-order valence-corrected chi connectivity index (χ1v) is 7.82. The van der Waals surface area contributed by atoms with E-state index in [0.29, 0.717) is 19.6 Å². The highest BCUT2D eigenvalue weighted by molar-refractivity contribution is 7.86. The van der Waals surface area contributed by atoms with Crippen molar-refractivity contribution >= 4 is 10.2 Å². The summed E-state index contributed by atoms with van der Waals surface area (Å²) in [4.78, 5) is 0. The predicted molar refractivity (Wildman–Crippen MR) is 72.2 cm³/mol. The van der Waals surface area contributed by atoms with E-state index in [1.807, 2.05) is 13.8 Å². The van der Waals surface area contributed by atoms with Gasteiger partial charge in [0.05, 0.1) is 0 Å². The average Bonchev–Trinajstić information content (AvgIpc) is 2.29. The third-order valence-electron chi connectivity index (χ3n) is 2.68. The fourth-order valence-corrected chi connectivity index (χ4v) is 3.00. The summed E-state index contributed by atoms with van der Waals surface area (Å²) in [5.41, 5.74) is 0. The van der Waals surface area contributed by atoms with Crippen LogP contribution in [0.4, 0.5) is 0 Å². The Morgan fingerprint density at radius 1 is 1.06 bits per heavy atom. The van der Waals surface area contributed by atoms with Crippen LogP contribution in [0.3, 0.4) is 0 Å². The Balaban J connectivity index is 4.07. The molecular weight excluding hydrogens is 238 g/mol. The lowest BCUT2D eigenvalue weighted by Gasteiger charge is -2.25. The van der Waals surface area contributed by atoms with Crippen molar-refractivity contribution in [3.63, 3.8) is 0 Å². The molecule has 0 saturated carbocycles. The van der Waals surface area contributed by atoms with Gasteiger partial charge in [-0.1, -0.05) is 20.8 Å². The predicted octanol–water partition coefficient (Wildman–Crippen LogP) is 0.895.